The van der Waals surface area contributed by atoms with Gasteiger partial charge in [0.05, 0.1) is 26.4 Å². The van der Waals surface area contributed by atoms with Gasteiger partial charge in [-0.2, -0.15) is 0 Å². The van der Waals surface area contributed by atoms with Crippen molar-refractivity contribution in [3.05, 3.63) is 0 Å². The van der Waals surface area contributed by atoms with Gasteiger partial charge in [0.15, 0.2) is 12.2 Å². The lowest BCUT2D eigenvalue weighted by Gasteiger charge is -2.21. The molecule has 0 fully saturated rings. The molecule has 0 aromatic rings. The van der Waals surface area contributed by atoms with Crippen LogP contribution in [-0.2, 0) is 65.4 Å². The minimum Gasteiger partial charge on any atom is -0.462 e. The summed E-state index contributed by atoms with van der Waals surface area (Å²) in [6, 6.07) is 0. The highest BCUT2D eigenvalue weighted by atomic mass is 31.2. The average Bonchev–Trinajstić information content (AvgIpc) is 3.62. The molecule has 0 radical (unpaired) electrons. The van der Waals surface area contributed by atoms with E-state index in [4.69, 9.17) is 37.0 Å². The topological polar surface area (TPSA) is 237 Å². The van der Waals surface area contributed by atoms with Gasteiger partial charge in [0.25, 0.3) is 0 Å². The maximum atomic E-state index is 13.0. The van der Waals surface area contributed by atoms with Crippen LogP contribution in [0.25, 0.3) is 0 Å². The Morgan fingerprint density at radius 1 is 0.314 bits per heavy atom. The van der Waals surface area contributed by atoms with Crippen LogP contribution < -0.4 is 0 Å². The number of carbonyl (C=O) groups is 4. The van der Waals surface area contributed by atoms with Crippen LogP contribution in [-0.4, -0.2) is 96.7 Å². The van der Waals surface area contributed by atoms with Crippen molar-refractivity contribution in [3.8, 4) is 0 Å². The summed E-state index contributed by atoms with van der Waals surface area (Å²) in [4.78, 5) is 72.1. The second-order valence-electron chi connectivity index (χ2n) is 24.7. The Kier molecular flexibility index (Phi) is 59.2. The molecule has 0 spiro atoms. The van der Waals surface area contributed by atoms with E-state index in [0.717, 1.165) is 102 Å². The van der Waals surface area contributed by atoms with Gasteiger partial charge >= 0.3 is 39.5 Å². The largest absolute Gasteiger partial charge is 0.472 e. The molecule has 0 amide bonds. The van der Waals surface area contributed by atoms with Gasteiger partial charge in [0, 0.05) is 25.7 Å². The molecule has 17 nitrogen and oxygen atoms in total. The van der Waals surface area contributed by atoms with Crippen LogP contribution in [0.4, 0.5) is 0 Å². The Balaban J connectivity index is 5.15. The first-order chi connectivity index (χ1) is 41.5. The Bertz CT molecular complexity index is 1670. The average molecular weight is 1270 g/mol. The standard InChI is InChI=1S/C67H130O17P2/c1-6-9-12-15-17-19-20-21-22-23-24-25-30-34-38-43-48-53-67(72)84-63(57-78-65(70)51-46-41-36-33-29-27-26-28-32-35-40-44-49-60(4)5)59-82-86(75,76)80-55-61(68)54-79-85(73,74)81-58-62(56-77-64(69)50-45-39-14-11-8-3)83-66(71)52-47-42-37-31-18-16-13-10-7-2/h60-63,68H,6-59H2,1-5H3,(H,73,74)(H,75,76)/t61-,62+,63+/m0/s1. The van der Waals surface area contributed by atoms with Gasteiger partial charge in [-0.15, -0.1) is 0 Å². The van der Waals surface area contributed by atoms with Gasteiger partial charge in [-0.25, -0.2) is 9.13 Å². The fraction of sp³-hybridized carbons (Fsp3) is 0.940. The zero-order valence-corrected chi connectivity index (χ0v) is 57.2. The molecular formula is C67H130O17P2. The molecule has 86 heavy (non-hydrogen) atoms. The highest BCUT2D eigenvalue weighted by Gasteiger charge is 2.30. The summed E-state index contributed by atoms with van der Waals surface area (Å²) in [5.74, 6) is -1.36. The van der Waals surface area contributed by atoms with Crippen molar-refractivity contribution < 1.29 is 80.2 Å². The molecule has 510 valence electrons. The monoisotopic (exact) mass is 1270 g/mol. The normalized spacial score (nSPS) is 14.2. The van der Waals surface area contributed by atoms with E-state index in [9.17, 15) is 43.2 Å². The van der Waals surface area contributed by atoms with Crippen LogP contribution in [0.1, 0.15) is 343 Å². The molecule has 0 aromatic carbocycles. The van der Waals surface area contributed by atoms with Gasteiger partial charge in [-0.05, 0) is 31.6 Å². The molecular weight excluding hydrogens is 1140 g/mol. The molecule has 19 heteroatoms. The first-order valence-corrected chi connectivity index (χ1v) is 38.1. The lowest BCUT2D eigenvalue weighted by molar-refractivity contribution is -0.161. The van der Waals surface area contributed by atoms with E-state index in [-0.39, 0.29) is 25.7 Å². The van der Waals surface area contributed by atoms with E-state index < -0.39 is 97.5 Å². The molecule has 0 aromatic heterocycles. The zero-order valence-electron chi connectivity index (χ0n) is 55.4. The number of rotatable bonds is 67. The third-order valence-corrected chi connectivity index (χ3v) is 17.4. The molecule has 2 unspecified atom stereocenters. The molecule has 3 N–H and O–H groups in total. The van der Waals surface area contributed by atoms with Gasteiger partial charge in [0.2, 0.25) is 0 Å². The van der Waals surface area contributed by atoms with E-state index in [1.165, 1.54) is 161 Å². The molecule has 5 atom stereocenters. The smallest absolute Gasteiger partial charge is 0.462 e. The summed E-state index contributed by atoms with van der Waals surface area (Å²) in [5, 5.41) is 10.5. The summed E-state index contributed by atoms with van der Waals surface area (Å²) < 4.78 is 67.9. The number of carbonyl (C=O) groups excluding carboxylic acids is 4. The predicted octanol–water partition coefficient (Wildman–Crippen LogP) is 19.0. The van der Waals surface area contributed by atoms with E-state index in [1.807, 2.05) is 0 Å². The SMILES string of the molecule is CCCCCCCCCCCCCCCCCCCC(=O)O[C@H](COC(=O)CCCCCCCCCCCCCCC(C)C)COP(=O)(O)OC[C@@H](O)COP(=O)(O)OC[C@@H](COC(=O)CCCCCCC)OC(=O)CCCCCCCCCCC. The Labute approximate surface area is 524 Å². The fourth-order valence-corrected chi connectivity index (χ4v) is 11.7. The second-order valence-corrected chi connectivity index (χ2v) is 27.6. The first kappa shape index (κ1) is 84.1. The van der Waals surface area contributed by atoms with Crippen molar-refractivity contribution in [1.29, 1.82) is 0 Å². The fourth-order valence-electron chi connectivity index (χ4n) is 10.1. The quantitative estimate of drug-likeness (QED) is 0.0222. The number of unbranched alkanes of at least 4 members (excludes halogenated alkanes) is 39. The van der Waals surface area contributed by atoms with E-state index in [0.29, 0.717) is 25.7 Å². The third-order valence-electron chi connectivity index (χ3n) is 15.5. The maximum Gasteiger partial charge on any atom is 0.472 e. The van der Waals surface area contributed by atoms with Crippen molar-refractivity contribution in [2.45, 2.75) is 361 Å². The summed E-state index contributed by atoms with van der Waals surface area (Å²) in [6.45, 7) is 7.13. The van der Waals surface area contributed by atoms with Crippen molar-refractivity contribution >= 4 is 39.5 Å². The number of hydrogen-bond donors (Lipinski definition) is 3. The number of esters is 4. The maximum absolute atomic E-state index is 13.0. The van der Waals surface area contributed by atoms with Gasteiger partial charge in [-0.3, -0.25) is 37.3 Å². The van der Waals surface area contributed by atoms with E-state index in [1.54, 1.807) is 0 Å². The summed E-state index contributed by atoms with van der Waals surface area (Å²) in [6.07, 6.45) is 46.2. The molecule has 0 heterocycles. The van der Waals surface area contributed by atoms with Crippen LogP contribution in [0.3, 0.4) is 0 Å². The van der Waals surface area contributed by atoms with Crippen molar-refractivity contribution in [1.82, 2.24) is 0 Å². The van der Waals surface area contributed by atoms with Crippen LogP contribution in [0.5, 0.6) is 0 Å². The van der Waals surface area contributed by atoms with Crippen LogP contribution in [0.2, 0.25) is 0 Å². The first-order valence-electron chi connectivity index (χ1n) is 35.1. The van der Waals surface area contributed by atoms with Crippen molar-refractivity contribution in [2.75, 3.05) is 39.6 Å². The molecule has 0 aliphatic heterocycles. The number of aliphatic hydroxyl groups is 1. The van der Waals surface area contributed by atoms with Crippen molar-refractivity contribution in [2.24, 2.45) is 5.92 Å². The third kappa shape index (κ3) is 60.9. The highest BCUT2D eigenvalue weighted by molar-refractivity contribution is 7.47. The Morgan fingerprint density at radius 2 is 0.535 bits per heavy atom. The Morgan fingerprint density at radius 3 is 0.791 bits per heavy atom. The number of hydrogen-bond acceptors (Lipinski definition) is 15. The lowest BCUT2D eigenvalue weighted by atomic mass is 10.0. The second kappa shape index (κ2) is 60.6. The van der Waals surface area contributed by atoms with Crippen molar-refractivity contribution in [3.63, 3.8) is 0 Å². The lowest BCUT2D eigenvalue weighted by Crippen LogP contribution is -2.30. The molecule has 0 saturated carbocycles. The minimum atomic E-state index is -4.95. The summed E-state index contributed by atoms with van der Waals surface area (Å²) >= 11 is 0. The molecule has 0 saturated heterocycles. The van der Waals surface area contributed by atoms with E-state index >= 15 is 0 Å². The van der Waals surface area contributed by atoms with Crippen LogP contribution >= 0.6 is 15.6 Å². The zero-order chi connectivity index (χ0) is 63.5. The number of aliphatic hydroxyl groups excluding tert-OH is 1. The molecule has 0 rings (SSSR count). The van der Waals surface area contributed by atoms with Gasteiger partial charge < -0.3 is 33.8 Å². The van der Waals surface area contributed by atoms with Crippen LogP contribution in [0.15, 0.2) is 0 Å². The predicted molar refractivity (Wildman–Crippen MR) is 345 cm³/mol. The minimum absolute atomic E-state index is 0.105. The van der Waals surface area contributed by atoms with Crippen LogP contribution in [0, 0.1) is 5.92 Å². The Hall–Kier alpha value is -1.94. The number of phosphoric acid groups is 2. The van der Waals surface area contributed by atoms with Gasteiger partial charge in [0.1, 0.15) is 19.3 Å². The van der Waals surface area contributed by atoms with E-state index in [2.05, 4.69) is 34.6 Å². The molecule has 0 aliphatic carbocycles. The highest BCUT2D eigenvalue weighted by Crippen LogP contribution is 2.45. The number of ether oxygens (including phenoxy) is 4. The van der Waals surface area contributed by atoms with Gasteiger partial charge in [-0.1, -0.05) is 291 Å². The number of phosphoric ester groups is 2. The summed E-state index contributed by atoms with van der Waals surface area (Å²) in [5.41, 5.74) is 0. The molecule has 0 aliphatic rings. The summed E-state index contributed by atoms with van der Waals surface area (Å²) in [7, 11) is -9.88. The molecule has 0 bridgehead atoms.